The summed E-state index contributed by atoms with van der Waals surface area (Å²) < 4.78 is 26.8. The van der Waals surface area contributed by atoms with Gasteiger partial charge in [-0.3, -0.25) is 9.69 Å². The standard InChI is InChI=1S/C24H33N3O3S/c1-16(2)19-8-7-9-20(13-19)27-17(3)12-21(18(27)4)24(28)25-22-14-31(29,30)15-23(22)26-10-5-6-11-26/h7-9,12-13,16,22-23H,5-6,10-11,14-15H2,1-4H3,(H,25,28). The van der Waals surface area contributed by atoms with E-state index in [0.29, 0.717) is 11.5 Å². The summed E-state index contributed by atoms with van der Waals surface area (Å²) in [5.74, 6) is 0.394. The van der Waals surface area contributed by atoms with Crippen molar-refractivity contribution in [1.82, 2.24) is 14.8 Å². The van der Waals surface area contributed by atoms with Gasteiger partial charge in [0.15, 0.2) is 9.84 Å². The van der Waals surface area contributed by atoms with Gasteiger partial charge in [-0.05, 0) is 69.5 Å². The number of rotatable bonds is 5. The van der Waals surface area contributed by atoms with Crippen LogP contribution in [0.15, 0.2) is 30.3 Å². The summed E-state index contributed by atoms with van der Waals surface area (Å²) in [6, 6.07) is 9.81. The van der Waals surface area contributed by atoms with Gasteiger partial charge in [-0.2, -0.15) is 0 Å². The molecule has 0 aliphatic carbocycles. The van der Waals surface area contributed by atoms with E-state index in [4.69, 9.17) is 0 Å². The molecule has 2 saturated heterocycles. The third-order valence-electron chi connectivity index (χ3n) is 6.72. The minimum absolute atomic E-state index is 0.0229. The fourth-order valence-electron chi connectivity index (χ4n) is 5.06. The molecule has 0 radical (unpaired) electrons. The van der Waals surface area contributed by atoms with Gasteiger partial charge in [0.05, 0.1) is 23.1 Å². The van der Waals surface area contributed by atoms with Crippen LogP contribution < -0.4 is 5.32 Å². The van der Waals surface area contributed by atoms with E-state index < -0.39 is 9.84 Å². The lowest BCUT2D eigenvalue weighted by atomic mass is 10.0. The summed E-state index contributed by atoms with van der Waals surface area (Å²) >= 11 is 0. The average Bonchev–Trinajstić information content (AvgIpc) is 3.40. The highest BCUT2D eigenvalue weighted by molar-refractivity contribution is 7.91. The van der Waals surface area contributed by atoms with E-state index in [2.05, 4.69) is 46.8 Å². The van der Waals surface area contributed by atoms with E-state index in [9.17, 15) is 13.2 Å². The second-order valence-electron chi connectivity index (χ2n) is 9.34. The normalized spacial score (nSPS) is 23.5. The van der Waals surface area contributed by atoms with Gasteiger partial charge in [0, 0.05) is 23.1 Å². The Kier molecular flexibility index (Phi) is 6.01. The molecule has 1 aromatic carbocycles. The first-order valence-corrected chi connectivity index (χ1v) is 13.0. The van der Waals surface area contributed by atoms with Crippen molar-refractivity contribution >= 4 is 15.7 Å². The zero-order valence-electron chi connectivity index (χ0n) is 18.9. The molecular weight excluding hydrogens is 410 g/mol. The molecule has 7 heteroatoms. The molecular formula is C24H33N3O3S. The summed E-state index contributed by atoms with van der Waals surface area (Å²) in [4.78, 5) is 15.5. The summed E-state index contributed by atoms with van der Waals surface area (Å²) in [6.07, 6.45) is 2.18. The Bertz CT molecular complexity index is 1080. The largest absolute Gasteiger partial charge is 0.347 e. The Morgan fingerprint density at radius 1 is 1.10 bits per heavy atom. The second kappa shape index (κ2) is 8.43. The lowest BCUT2D eigenvalue weighted by molar-refractivity contribution is 0.0918. The summed E-state index contributed by atoms with van der Waals surface area (Å²) in [5, 5.41) is 3.07. The zero-order valence-corrected chi connectivity index (χ0v) is 19.7. The van der Waals surface area contributed by atoms with Crippen molar-refractivity contribution in [3.8, 4) is 5.69 Å². The van der Waals surface area contributed by atoms with Crippen molar-refractivity contribution in [1.29, 1.82) is 0 Å². The van der Waals surface area contributed by atoms with Crippen LogP contribution in [0, 0.1) is 13.8 Å². The Hall–Kier alpha value is -2.12. The molecule has 3 heterocycles. The molecule has 0 bridgehead atoms. The van der Waals surface area contributed by atoms with E-state index in [1.165, 1.54) is 5.56 Å². The van der Waals surface area contributed by atoms with E-state index in [0.717, 1.165) is 43.0 Å². The van der Waals surface area contributed by atoms with Crippen LogP contribution >= 0.6 is 0 Å². The maximum absolute atomic E-state index is 13.2. The molecule has 0 saturated carbocycles. The predicted octanol–water partition coefficient (Wildman–Crippen LogP) is 3.21. The minimum Gasteiger partial charge on any atom is -0.347 e. The molecule has 2 atom stereocenters. The van der Waals surface area contributed by atoms with Crippen molar-refractivity contribution in [3.05, 3.63) is 52.8 Å². The fraction of sp³-hybridized carbons (Fsp3) is 0.542. The van der Waals surface area contributed by atoms with Crippen LogP contribution in [0.1, 0.15) is 59.9 Å². The van der Waals surface area contributed by atoms with Crippen LogP contribution in [0.5, 0.6) is 0 Å². The molecule has 1 aromatic heterocycles. The van der Waals surface area contributed by atoms with Gasteiger partial charge in [0.2, 0.25) is 0 Å². The molecule has 2 aromatic rings. The zero-order chi connectivity index (χ0) is 22.3. The molecule has 31 heavy (non-hydrogen) atoms. The van der Waals surface area contributed by atoms with Gasteiger partial charge in [0.1, 0.15) is 0 Å². The Balaban J connectivity index is 1.59. The van der Waals surface area contributed by atoms with Crippen LogP contribution in [-0.4, -0.2) is 60.5 Å². The third-order valence-corrected chi connectivity index (χ3v) is 8.44. The third kappa shape index (κ3) is 4.44. The fourth-order valence-corrected chi connectivity index (χ4v) is 7.01. The van der Waals surface area contributed by atoms with Crippen molar-refractivity contribution < 1.29 is 13.2 Å². The van der Waals surface area contributed by atoms with Crippen LogP contribution in [0.3, 0.4) is 0 Å². The summed E-state index contributed by atoms with van der Waals surface area (Å²) in [6.45, 7) is 10.1. The Morgan fingerprint density at radius 2 is 1.81 bits per heavy atom. The quantitative estimate of drug-likeness (QED) is 0.770. The lowest BCUT2D eigenvalue weighted by Crippen LogP contribution is -2.50. The first-order valence-electron chi connectivity index (χ1n) is 11.2. The molecule has 6 nitrogen and oxygen atoms in total. The number of hydrogen-bond donors (Lipinski definition) is 1. The van der Waals surface area contributed by atoms with Crippen LogP contribution in [0.4, 0.5) is 0 Å². The van der Waals surface area contributed by atoms with Crippen LogP contribution in [-0.2, 0) is 9.84 Å². The maximum Gasteiger partial charge on any atom is 0.253 e. The topological polar surface area (TPSA) is 71.4 Å². The average molecular weight is 444 g/mol. The number of hydrogen-bond acceptors (Lipinski definition) is 4. The highest BCUT2D eigenvalue weighted by Crippen LogP contribution is 2.26. The number of likely N-dealkylation sites (tertiary alicyclic amines) is 1. The number of carbonyl (C=O) groups excluding carboxylic acids is 1. The molecule has 2 fully saturated rings. The smallest absolute Gasteiger partial charge is 0.253 e. The number of aromatic nitrogens is 1. The predicted molar refractivity (Wildman–Crippen MR) is 124 cm³/mol. The molecule has 168 valence electrons. The summed E-state index contributed by atoms with van der Waals surface area (Å²) in [5.41, 5.74) is 4.75. The van der Waals surface area contributed by atoms with Gasteiger partial charge in [0.25, 0.3) is 5.91 Å². The molecule has 2 aliphatic rings. The first kappa shape index (κ1) is 22.1. The number of aryl methyl sites for hydroxylation is 1. The van der Waals surface area contributed by atoms with Crippen molar-refractivity contribution in [3.63, 3.8) is 0 Å². The Labute approximate surface area is 185 Å². The summed E-state index contributed by atoms with van der Waals surface area (Å²) in [7, 11) is -3.14. The van der Waals surface area contributed by atoms with E-state index >= 15 is 0 Å². The molecule has 2 unspecified atom stereocenters. The van der Waals surface area contributed by atoms with Crippen LogP contribution in [0.2, 0.25) is 0 Å². The maximum atomic E-state index is 13.2. The van der Waals surface area contributed by atoms with E-state index in [1.807, 2.05) is 26.0 Å². The van der Waals surface area contributed by atoms with Crippen molar-refractivity contribution in [2.75, 3.05) is 24.6 Å². The van der Waals surface area contributed by atoms with Gasteiger partial charge in [-0.1, -0.05) is 26.0 Å². The van der Waals surface area contributed by atoms with Gasteiger partial charge in [-0.15, -0.1) is 0 Å². The molecule has 2 aliphatic heterocycles. The molecule has 4 rings (SSSR count). The van der Waals surface area contributed by atoms with Crippen LogP contribution in [0.25, 0.3) is 5.69 Å². The number of nitrogens with zero attached hydrogens (tertiary/aromatic N) is 2. The van der Waals surface area contributed by atoms with Gasteiger partial charge >= 0.3 is 0 Å². The molecule has 0 spiro atoms. The highest BCUT2D eigenvalue weighted by Gasteiger charge is 2.42. The van der Waals surface area contributed by atoms with Gasteiger partial charge in [-0.25, -0.2) is 8.42 Å². The lowest BCUT2D eigenvalue weighted by Gasteiger charge is -2.28. The number of carbonyl (C=O) groups is 1. The monoisotopic (exact) mass is 443 g/mol. The van der Waals surface area contributed by atoms with Crippen molar-refractivity contribution in [2.45, 2.75) is 58.5 Å². The minimum atomic E-state index is -3.14. The van der Waals surface area contributed by atoms with E-state index in [-0.39, 0.29) is 29.5 Å². The Morgan fingerprint density at radius 3 is 2.48 bits per heavy atom. The molecule has 1 N–H and O–H groups in total. The number of sulfone groups is 1. The number of amides is 1. The number of benzene rings is 1. The molecule has 1 amide bonds. The first-order chi connectivity index (χ1) is 14.7. The van der Waals surface area contributed by atoms with E-state index in [1.54, 1.807) is 0 Å². The van der Waals surface area contributed by atoms with Crippen molar-refractivity contribution in [2.24, 2.45) is 0 Å². The number of nitrogens with one attached hydrogen (secondary N) is 1. The highest BCUT2D eigenvalue weighted by atomic mass is 32.2. The van der Waals surface area contributed by atoms with Gasteiger partial charge < -0.3 is 9.88 Å². The second-order valence-corrected chi connectivity index (χ2v) is 11.5. The SMILES string of the molecule is Cc1cc(C(=O)NC2CS(=O)(=O)CC2N2CCCC2)c(C)n1-c1cccc(C(C)C)c1.